The summed E-state index contributed by atoms with van der Waals surface area (Å²) < 4.78 is 48.8. The molecule has 318 valence electrons. The van der Waals surface area contributed by atoms with E-state index in [-0.39, 0.29) is 16.8 Å². The number of hydrogen-bond acceptors (Lipinski definition) is 18. The van der Waals surface area contributed by atoms with Gasteiger partial charge in [-0.3, -0.25) is 29.0 Å². The lowest BCUT2D eigenvalue weighted by Crippen LogP contribution is -2.89. The molecule has 2 saturated carbocycles. The fourth-order valence-corrected chi connectivity index (χ4v) is 9.54. The number of aromatic nitrogens is 1. The highest BCUT2D eigenvalue weighted by Gasteiger charge is 2.91. The predicted octanol–water partition coefficient (Wildman–Crippen LogP) is 1.76. The van der Waals surface area contributed by atoms with Crippen LogP contribution in [0, 0.1) is 17.3 Å². The van der Waals surface area contributed by atoms with E-state index in [4.69, 9.17) is 37.9 Å². The van der Waals surface area contributed by atoms with E-state index >= 15 is 0 Å². The number of carbonyl (C=O) groups excluding carboxylic acids is 7. The van der Waals surface area contributed by atoms with Crippen LogP contribution in [0.15, 0.2) is 48.7 Å². The number of benzene rings is 1. The van der Waals surface area contributed by atoms with Crippen molar-refractivity contribution in [2.75, 3.05) is 13.2 Å². The monoisotopic (exact) mass is 825 g/mol. The van der Waals surface area contributed by atoms with E-state index < -0.39 is 132 Å². The number of aliphatic hydroxyl groups excluding tert-OH is 1. The minimum absolute atomic E-state index is 0.0130. The summed E-state index contributed by atoms with van der Waals surface area (Å²) in [7, 11) is 0. The van der Waals surface area contributed by atoms with E-state index in [1.807, 2.05) is 0 Å². The first-order valence-electron chi connectivity index (χ1n) is 19.0. The lowest BCUT2D eigenvalue weighted by molar-refractivity contribution is -0.386. The quantitative estimate of drug-likeness (QED) is 0.298. The molecule has 2 aromatic rings. The molecular formula is C41H47NO17. The number of cyclic esters (lactones) is 1. The van der Waals surface area contributed by atoms with E-state index in [2.05, 4.69) is 4.98 Å². The van der Waals surface area contributed by atoms with Crippen molar-refractivity contribution in [2.24, 2.45) is 17.3 Å². The summed E-state index contributed by atoms with van der Waals surface area (Å²) in [6, 6.07) is 10.5. The number of fused-ring (bicyclic) bond motifs is 5. The molecule has 3 fully saturated rings. The molecule has 4 aliphatic rings. The van der Waals surface area contributed by atoms with Crippen molar-refractivity contribution >= 4 is 41.8 Å². The van der Waals surface area contributed by atoms with Crippen molar-refractivity contribution in [1.29, 1.82) is 0 Å². The number of rotatable bonds is 7. The number of carbonyl (C=O) groups is 7. The van der Waals surface area contributed by atoms with Crippen LogP contribution in [-0.4, -0.2) is 124 Å². The highest BCUT2D eigenvalue weighted by molar-refractivity contribution is 5.91. The zero-order valence-electron chi connectivity index (χ0n) is 33.7. The standard InChI is InChI=1S/C41H47NO17/c1-19-20(2)35(48)58-32-29(47)33(55-23(5)45)40(18-52-21(3)43)34(56-24(6)46)30(54-22(4)44)27-31(57-36(49)25-13-10-9-11-14-25)41(40,39(32,8)51)59-38(27,7)17-53-37(50)26-15-12-16-42-28(19)26/h9-16,19-20,27,29-34,47,51H,17-18H2,1-8H3/t19?,20?,27-,29+,30-,31-,32+,33+,34-,38+,39+,40+,41+/m1/s1. The lowest BCUT2D eigenvalue weighted by Gasteiger charge is -2.67. The van der Waals surface area contributed by atoms with Gasteiger partial charge < -0.3 is 48.1 Å². The maximum atomic E-state index is 14.3. The Hall–Kier alpha value is -5.46. The van der Waals surface area contributed by atoms with E-state index in [0.717, 1.165) is 34.6 Å². The maximum Gasteiger partial charge on any atom is 0.340 e. The second kappa shape index (κ2) is 15.6. The van der Waals surface area contributed by atoms with Crippen molar-refractivity contribution in [2.45, 2.75) is 115 Å². The van der Waals surface area contributed by atoms with Gasteiger partial charge in [-0.1, -0.05) is 32.0 Å². The molecule has 59 heavy (non-hydrogen) atoms. The van der Waals surface area contributed by atoms with Crippen LogP contribution in [0.3, 0.4) is 0 Å². The lowest BCUT2D eigenvalue weighted by atomic mass is 9.45. The van der Waals surface area contributed by atoms with E-state index in [1.54, 1.807) is 25.1 Å². The van der Waals surface area contributed by atoms with Gasteiger partial charge in [0, 0.05) is 39.8 Å². The summed E-state index contributed by atoms with van der Waals surface area (Å²) in [6.45, 7) is 7.75. The van der Waals surface area contributed by atoms with Crippen LogP contribution in [0.1, 0.15) is 87.7 Å². The first kappa shape index (κ1) is 43.1. The summed E-state index contributed by atoms with van der Waals surface area (Å²) in [5.74, 6) is -10.6. The number of aliphatic hydroxyl groups is 2. The number of pyridine rings is 1. The molecule has 2 unspecified atom stereocenters. The molecule has 0 radical (unpaired) electrons. The molecule has 18 heteroatoms. The Morgan fingerprint density at radius 1 is 0.814 bits per heavy atom. The first-order valence-corrected chi connectivity index (χ1v) is 19.0. The Labute approximate surface area is 338 Å². The molecule has 3 heterocycles. The average Bonchev–Trinajstić information content (AvgIpc) is 3.40. The molecule has 2 N–H and O–H groups in total. The fraction of sp³-hybridized carbons (Fsp3) is 0.561. The van der Waals surface area contributed by atoms with Crippen LogP contribution < -0.4 is 0 Å². The van der Waals surface area contributed by atoms with Gasteiger partial charge in [0.1, 0.15) is 54.2 Å². The summed E-state index contributed by atoms with van der Waals surface area (Å²) in [5.41, 5.74) is -10.2. The molecule has 1 aromatic carbocycles. The second-order valence-corrected chi connectivity index (χ2v) is 15.9. The van der Waals surface area contributed by atoms with Crippen LogP contribution >= 0.6 is 0 Å². The molecule has 1 aromatic heterocycles. The number of ether oxygens (including phenoxy) is 8. The molecule has 1 saturated heterocycles. The highest BCUT2D eigenvalue weighted by atomic mass is 16.7. The minimum Gasteiger partial charge on any atom is -0.465 e. The molecule has 1 spiro atoms. The molecule has 2 aliphatic heterocycles. The van der Waals surface area contributed by atoms with Gasteiger partial charge in [0.25, 0.3) is 0 Å². The molecule has 4 bridgehead atoms. The largest absolute Gasteiger partial charge is 0.465 e. The molecular weight excluding hydrogens is 778 g/mol. The third-order valence-corrected chi connectivity index (χ3v) is 12.1. The van der Waals surface area contributed by atoms with Gasteiger partial charge in [-0.15, -0.1) is 0 Å². The van der Waals surface area contributed by atoms with Gasteiger partial charge in [0.15, 0.2) is 17.8 Å². The van der Waals surface area contributed by atoms with E-state index in [0.29, 0.717) is 0 Å². The summed E-state index contributed by atoms with van der Waals surface area (Å²) >= 11 is 0. The Balaban J connectivity index is 1.77. The molecule has 18 nitrogen and oxygen atoms in total. The Bertz CT molecular complexity index is 2040. The van der Waals surface area contributed by atoms with E-state index in [9.17, 15) is 43.8 Å². The molecule has 0 amide bonds. The zero-order chi connectivity index (χ0) is 43.4. The zero-order valence-corrected chi connectivity index (χ0v) is 33.7. The third kappa shape index (κ3) is 6.89. The Morgan fingerprint density at radius 2 is 1.44 bits per heavy atom. The van der Waals surface area contributed by atoms with Crippen LogP contribution in [0.5, 0.6) is 0 Å². The van der Waals surface area contributed by atoms with Gasteiger partial charge in [-0.25, -0.2) is 9.59 Å². The molecule has 13 atom stereocenters. The number of hydrogen-bond donors (Lipinski definition) is 2. The smallest absolute Gasteiger partial charge is 0.340 e. The molecule has 2 aliphatic carbocycles. The van der Waals surface area contributed by atoms with Crippen molar-refractivity contribution in [3.63, 3.8) is 0 Å². The third-order valence-electron chi connectivity index (χ3n) is 12.1. The van der Waals surface area contributed by atoms with Crippen molar-refractivity contribution in [3.8, 4) is 0 Å². The predicted molar refractivity (Wildman–Crippen MR) is 196 cm³/mol. The number of esters is 7. The normalized spacial score (nSPS) is 37.4. The van der Waals surface area contributed by atoms with Crippen molar-refractivity contribution in [1.82, 2.24) is 4.98 Å². The Morgan fingerprint density at radius 3 is 2.05 bits per heavy atom. The SMILES string of the molecule is CC(=O)OC[C@]12[C@H](OC(C)=O)[C@H](OC(C)=O)[C@@H]3[C@@H](OC(=O)c4ccccc4)[C@@]14O[C@@]3(C)COC(=O)c1cccnc1C(C)C(C)C(=O)O[C@@H]([C@H](O)[C@@H]2OC(C)=O)[C@]4(C)O. The number of nitrogens with zero attached hydrogens (tertiary/aromatic N) is 1. The Kier molecular flexibility index (Phi) is 11.4. The summed E-state index contributed by atoms with van der Waals surface area (Å²) in [4.78, 5) is 99.4. The van der Waals surface area contributed by atoms with E-state index in [1.165, 1.54) is 44.3 Å². The van der Waals surface area contributed by atoms with Crippen LogP contribution in [0.25, 0.3) is 0 Å². The highest BCUT2D eigenvalue weighted by Crippen LogP contribution is 2.70. The van der Waals surface area contributed by atoms with Gasteiger partial charge in [0.05, 0.1) is 28.7 Å². The van der Waals surface area contributed by atoms with Gasteiger partial charge in [-0.05, 0) is 38.1 Å². The topological polar surface area (TPSA) is 247 Å². The van der Waals surface area contributed by atoms with Crippen LogP contribution in [0.2, 0.25) is 0 Å². The summed E-state index contributed by atoms with van der Waals surface area (Å²) in [6.07, 6.45) is -10.9. The minimum atomic E-state index is -2.83. The maximum absolute atomic E-state index is 14.3. The first-order chi connectivity index (χ1) is 27.6. The average molecular weight is 826 g/mol. The van der Waals surface area contributed by atoms with Crippen LogP contribution in [-0.2, 0) is 61.9 Å². The second-order valence-electron chi connectivity index (χ2n) is 15.9. The van der Waals surface area contributed by atoms with Crippen molar-refractivity contribution in [3.05, 3.63) is 65.5 Å². The molecule has 6 rings (SSSR count). The summed E-state index contributed by atoms with van der Waals surface area (Å²) in [5, 5.41) is 25.9. The van der Waals surface area contributed by atoms with Gasteiger partial charge >= 0.3 is 41.8 Å². The van der Waals surface area contributed by atoms with Gasteiger partial charge in [-0.2, -0.15) is 0 Å². The van der Waals surface area contributed by atoms with Gasteiger partial charge in [0.2, 0.25) is 0 Å². The fourth-order valence-electron chi connectivity index (χ4n) is 9.54. The van der Waals surface area contributed by atoms with Crippen molar-refractivity contribution < 1.29 is 81.7 Å². The van der Waals surface area contributed by atoms with Crippen LogP contribution in [0.4, 0.5) is 0 Å².